The van der Waals surface area contributed by atoms with Crippen molar-refractivity contribution in [2.24, 2.45) is 0 Å². The zero-order chi connectivity index (χ0) is 18.9. The molecule has 0 spiro atoms. The van der Waals surface area contributed by atoms with Gasteiger partial charge in [0.1, 0.15) is 0 Å². The Hall–Kier alpha value is -1.57. The number of hydrogen-bond donors (Lipinski definition) is 1. The van der Waals surface area contributed by atoms with Gasteiger partial charge in [0.05, 0.1) is 35.4 Å². The summed E-state index contributed by atoms with van der Waals surface area (Å²) < 4.78 is 36.3. The van der Waals surface area contributed by atoms with Crippen LogP contribution < -0.4 is 14.8 Å². The van der Waals surface area contributed by atoms with Gasteiger partial charge < -0.3 is 9.47 Å². The third-order valence-corrected chi connectivity index (χ3v) is 8.01. The summed E-state index contributed by atoms with van der Waals surface area (Å²) in [6.45, 7) is 1.95. The molecule has 7 heteroatoms. The molecular formula is C19H22BrNO4S. The summed E-state index contributed by atoms with van der Waals surface area (Å²) in [5, 5.41) is 3.50. The minimum atomic E-state index is -3.54. The van der Waals surface area contributed by atoms with Crippen molar-refractivity contribution in [3.63, 3.8) is 0 Å². The zero-order valence-corrected chi connectivity index (χ0v) is 17.4. The van der Waals surface area contributed by atoms with Crippen LogP contribution in [-0.2, 0) is 9.84 Å². The lowest BCUT2D eigenvalue weighted by Crippen LogP contribution is -2.44. The van der Waals surface area contributed by atoms with Crippen LogP contribution >= 0.6 is 15.9 Å². The first-order valence-corrected chi connectivity index (χ1v) is 10.8. The molecule has 1 N–H and O–H groups in total. The van der Waals surface area contributed by atoms with E-state index in [1.807, 2.05) is 37.3 Å². The van der Waals surface area contributed by atoms with Gasteiger partial charge in [0.25, 0.3) is 0 Å². The fourth-order valence-electron chi connectivity index (χ4n) is 3.24. The van der Waals surface area contributed by atoms with E-state index in [1.54, 1.807) is 19.2 Å². The van der Waals surface area contributed by atoms with Gasteiger partial charge in [-0.05, 0) is 23.6 Å². The number of halogens is 1. The molecule has 5 nitrogen and oxygen atoms in total. The number of benzene rings is 2. The summed E-state index contributed by atoms with van der Waals surface area (Å²) in [4.78, 5) is 0.270. The molecule has 0 radical (unpaired) electrons. The molecule has 1 aliphatic heterocycles. The number of fused-ring (bicyclic) bond motifs is 1. The van der Waals surface area contributed by atoms with Crippen LogP contribution in [0.1, 0.15) is 30.5 Å². The Balaban J connectivity index is 2.31. The summed E-state index contributed by atoms with van der Waals surface area (Å²) in [5.74, 6) is 0.852. The molecule has 0 bridgehead atoms. The zero-order valence-electron chi connectivity index (χ0n) is 15.0. The summed E-state index contributed by atoms with van der Waals surface area (Å²) in [6.07, 6.45) is 0.609. The highest BCUT2D eigenvalue weighted by Gasteiger charge is 2.41. The van der Waals surface area contributed by atoms with E-state index in [-0.39, 0.29) is 16.7 Å². The highest BCUT2D eigenvalue weighted by molar-refractivity contribution is 9.10. The highest BCUT2D eigenvalue weighted by Crippen LogP contribution is 2.42. The monoisotopic (exact) mass is 439 g/mol. The number of sulfone groups is 1. The Morgan fingerprint density at radius 3 is 2.35 bits per heavy atom. The molecule has 1 heterocycles. The largest absolute Gasteiger partial charge is 0.493 e. The Morgan fingerprint density at radius 2 is 1.77 bits per heavy atom. The van der Waals surface area contributed by atoms with Gasteiger partial charge in [-0.3, -0.25) is 5.32 Å². The van der Waals surface area contributed by atoms with Crippen molar-refractivity contribution in [1.29, 1.82) is 0 Å². The highest BCUT2D eigenvalue weighted by atomic mass is 79.9. The van der Waals surface area contributed by atoms with Crippen LogP contribution in [0.5, 0.6) is 11.5 Å². The molecule has 0 amide bonds. The van der Waals surface area contributed by atoms with Gasteiger partial charge in [-0.2, -0.15) is 0 Å². The predicted molar refractivity (Wildman–Crippen MR) is 105 cm³/mol. The van der Waals surface area contributed by atoms with Crippen molar-refractivity contribution in [2.45, 2.75) is 28.7 Å². The normalized spacial score (nSPS) is 24.4. The molecule has 0 fully saturated rings. The number of ether oxygens (including phenoxy) is 2. The SMILES string of the molecule is CC[C@@]1(Br)CS(=O)(=O)c2cc(OC)c(OC)cc2[C@@H](c2ccccc2)N1. The maximum Gasteiger partial charge on any atom is 0.181 e. The summed E-state index contributed by atoms with van der Waals surface area (Å²) in [7, 11) is -0.497. The second kappa shape index (κ2) is 7.21. The molecule has 140 valence electrons. The van der Waals surface area contributed by atoms with Crippen molar-refractivity contribution >= 4 is 25.8 Å². The molecule has 0 aliphatic carbocycles. The molecule has 2 aromatic rings. The second-order valence-corrected chi connectivity index (χ2v) is 9.79. The first-order chi connectivity index (χ1) is 12.3. The smallest absolute Gasteiger partial charge is 0.181 e. The lowest BCUT2D eigenvalue weighted by atomic mass is 9.97. The van der Waals surface area contributed by atoms with Crippen LogP contribution in [0.3, 0.4) is 0 Å². The van der Waals surface area contributed by atoms with E-state index < -0.39 is 14.3 Å². The Bertz CT molecular complexity index is 901. The molecule has 0 unspecified atom stereocenters. The summed E-state index contributed by atoms with van der Waals surface area (Å²) in [6, 6.07) is 12.8. The maximum absolute atomic E-state index is 13.1. The average Bonchev–Trinajstić information content (AvgIpc) is 2.73. The van der Waals surface area contributed by atoms with Crippen LogP contribution in [0.2, 0.25) is 0 Å². The van der Waals surface area contributed by atoms with Crippen LogP contribution in [0, 0.1) is 0 Å². The van der Waals surface area contributed by atoms with Crippen LogP contribution in [-0.4, -0.2) is 32.8 Å². The second-order valence-electron chi connectivity index (χ2n) is 6.31. The van der Waals surface area contributed by atoms with Gasteiger partial charge in [-0.15, -0.1) is 0 Å². The van der Waals surface area contributed by atoms with E-state index in [4.69, 9.17) is 9.47 Å². The predicted octanol–water partition coefficient (Wildman–Crippen LogP) is 3.67. The van der Waals surface area contributed by atoms with Crippen LogP contribution in [0.4, 0.5) is 0 Å². The Kier molecular flexibility index (Phi) is 5.33. The van der Waals surface area contributed by atoms with E-state index in [1.165, 1.54) is 7.11 Å². The third kappa shape index (κ3) is 3.48. The van der Waals surface area contributed by atoms with Crippen LogP contribution in [0.15, 0.2) is 47.4 Å². The standard InChI is InChI=1S/C19H22BrNO4S/c1-4-19(20)12-26(22,23)17-11-16(25-3)15(24-2)10-14(17)18(21-19)13-8-6-5-7-9-13/h5-11,18,21H,4,12H2,1-3H3/t18-,19+/m1/s1. The average molecular weight is 440 g/mol. The van der Waals surface area contributed by atoms with Crippen molar-refractivity contribution in [1.82, 2.24) is 5.32 Å². The fourth-order valence-corrected chi connectivity index (χ4v) is 6.24. The lowest BCUT2D eigenvalue weighted by molar-refractivity contribution is 0.352. The molecule has 3 rings (SSSR count). The molecular weight excluding hydrogens is 418 g/mol. The Morgan fingerprint density at radius 1 is 1.15 bits per heavy atom. The van der Waals surface area contributed by atoms with Crippen molar-refractivity contribution in [2.75, 3.05) is 20.0 Å². The summed E-state index contributed by atoms with van der Waals surface area (Å²) >= 11 is 3.64. The number of alkyl halides is 1. The van der Waals surface area contributed by atoms with Crippen LogP contribution in [0.25, 0.3) is 0 Å². The summed E-state index contributed by atoms with van der Waals surface area (Å²) in [5.41, 5.74) is 1.64. The maximum atomic E-state index is 13.1. The fraction of sp³-hybridized carbons (Fsp3) is 0.368. The number of rotatable bonds is 4. The molecule has 0 aromatic heterocycles. The first-order valence-electron chi connectivity index (χ1n) is 8.34. The van der Waals surface area contributed by atoms with Gasteiger partial charge >= 0.3 is 0 Å². The van der Waals surface area contributed by atoms with Crippen molar-refractivity contribution in [3.05, 3.63) is 53.6 Å². The minimum Gasteiger partial charge on any atom is -0.493 e. The molecule has 26 heavy (non-hydrogen) atoms. The van der Waals surface area contributed by atoms with Gasteiger partial charge in [-0.25, -0.2) is 8.42 Å². The topological polar surface area (TPSA) is 64.6 Å². The van der Waals surface area contributed by atoms with E-state index in [0.717, 1.165) is 5.56 Å². The van der Waals surface area contributed by atoms with E-state index in [2.05, 4.69) is 21.2 Å². The van der Waals surface area contributed by atoms with Gasteiger partial charge in [0, 0.05) is 6.07 Å². The number of hydrogen-bond acceptors (Lipinski definition) is 5. The molecule has 2 atom stereocenters. The van der Waals surface area contributed by atoms with Gasteiger partial charge in [-0.1, -0.05) is 53.2 Å². The van der Waals surface area contributed by atoms with E-state index >= 15 is 0 Å². The number of methoxy groups -OCH3 is 2. The quantitative estimate of drug-likeness (QED) is 0.581. The first kappa shape index (κ1) is 19.2. The molecule has 1 aliphatic rings. The van der Waals surface area contributed by atoms with Crippen molar-refractivity contribution < 1.29 is 17.9 Å². The van der Waals surface area contributed by atoms with Gasteiger partial charge in [0.2, 0.25) is 0 Å². The number of nitrogens with one attached hydrogen (secondary N) is 1. The Labute approximate surface area is 162 Å². The molecule has 0 saturated carbocycles. The molecule has 2 aromatic carbocycles. The van der Waals surface area contributed by atoms with Gasteiger partial charge in [0.15, 0.2) is 21.3 Å². The third-order valence-electron chi connectivity index (χ3n) is 4.68. The van der Waals surface area contributed by atoms with Crippen molar-refractivity contribution in [3.8, 4) is 11.5 Å². The molecule has 0 saturated heterocycles. The van der Waals surface area contributed by atoms with E-state index in [9.17, 15) is 8.42 Å². The van der Waals surface area contributed by atoms with E-state index in [0.29, 0.717) is 23.5 Å². The minimum absolute atomic E-state index is 0.0533. The lowest BCUT2D eigenvalue weighted by Gasteiger charge is -2.30.